The first kappa shape index (κ1) is 20.0. The van der Waals surface area contributed by atoms with E-state index < -0.39 is 0 Å². The van der Waals surface area contributed by atoms with Gasteiger partial charge in [-0.1, -0.05) is 42.2 Å². The van der Waals surface area contributed by atoms with Crippen LogP contribution in [0.4, 0.5) is 11.8 Å². The molecule has 2 aromatic carbocycles. The Morgan fingerprint density at radius 2 is 1.66 bits per heavy atom. The molecule has 0 radical (unpaired) electrons. The van der Waals surface area contributed by atoms with Crippen LogP contribution in [-0.4, -0.2) is 24.2 Å². The van der Waals surface area contributed by atoms with Crippen LogP contribution < -0.4 is 20.9 Å². The van der Waals surface area contributed by atoms with Crippen molar-refractivity contribution < 1.29 is 9.47 Å². The minimum absolute atomic E-state index is 0.139. The van der Waals surface area contributed by atoms with E-state index in [4.69, 9.17) is 20.9 Å². The summed E-state index contributed by atoms with van der Waals surface area (Å²) in [5.41, 5.74) is 15.7. The van der Waals surface area contributed by atoms with Gasteiger partial charge in [-0.15, -0.1) is 0 Å². The standard InChI is InChI=1S/C23H24N4O2/c1-14(10-11-17-15(2)26-23(25)27-22(17)24)18-12-21(29-4)19(13-20(18)28-3)16-8-6-5-7-9-16/h5-9,12-14H,1-4H3,(H4,24,25,26,27)/t14-/m0/s1. The number of aromatic nitrogens is 2. The van der Waals surface area contributed by atoms with Gasteiger partial charge in [0, 0.05) is 17.0 Å². The number of aryl methyl sites for hydroxylation is 1. The largest absolute Gasteiger partial charge is 0.496 e. The molecule has 0 fully saturated rings. The maximum Gasteiger partial charge on any atom is 0.222 e. The molecule has 6 heteroatoms. The van der Waals surface area contributed by atoms with Crippen molar-refractivity contribution in [3.8, 4) is 34.5 Å². The van der Waals surface area contributed by atoms with Crippen LogP contribution in [0.3, 0.4) is 0 Å². The van der Waals surface area contributed by atoms with Crippen LogP contribution in [0.2, 0.25) is 0 Å². The summed E-state index contributed by atoms with van der Waals surface area (Å²) in [6.07, 6.45) is 0. The fourth-order valence-corrected chi connectivity index (χ4v) is 3.13. The van der Waals surface area contributed by atoms with E-state index in [9.17, 15) is 0 Å². The molecule has 0 aliphatic rings. The summed E-state index contributed by atoms with van der Waals surface area (Å²) in [4.78, 5) is 8.12. The lowest BCUT2D eigenvalue weighted by Gasteiger charge is -2.17. The molecule has 3 aromatic rings. The van der Waals surface area contributed by atoms with Gasteiger partial charge in [-0.05, 0) is 31.5 Å². The molecule has 0 aliphatic heterocycles. The number of nitrogens with two attached hydrogens (primary N) is 2. The van der Waals surface area contributed by atoms with Gasteiger partial charge in [0.1, 0.15) is 17.3 Å². The summed E-state index contributed by atoms with van der Waals surface area (Å²) in [7, 11) is 3.31. The predicted octanol–water partition coefficient (Wildman–Crippen LogP) is 3.79. The van der Waals surface area contributed by atoms with Crippen molar-refractivity contribution in [1.82, 2.24) is 9.97 Å². The van der Waals surface area contributed by atoms with Crippen LogP contribution in [-0.2, 0) is 0 Å². The molecule has 0 saturated carbocycles. The highest BCUT2D eigenvalue weighted by molar-refractivity contribution is 5.73. The molecule has 1 aromatic heterocycles. The number of ether oxygens (including phenoxy) is 2. The summed E-state index contributed by atoms with van der Waals surface area (Å²) in [6, 6.07) is 14.0. The van der Waals surface area contributed by atoms with Crippen molar-refractivity contribution >= 4 is 11.8 Å². The van der Waals surface area contributed by atoms with Crippen molar-refractivity contribution in [3.05, 3.63) is 59.3 Å². The van der Waals surface area contributed by atoms with Crippen LogP contribution in [0.25, 0.3) is 11.1 Å². The van der Waals surface area contributed by atoms with E-state index in [2.05, 4.69) is 21.8 Å². The minimum Gasteiger partial charge on any atom is -0.496 e. The molecule has 0 bridgehead atoms. The van der Waals surface area contributed by atoms with Gasteiger partial charge in [-0.25, -0.2) is 4.98 Å². The summed E-state index contributed by atoms with van der Waals surface area (Å²) in [6.45, 7) is 3.80. The molecule has 0 amide bonds. The third-order valence-corrected chi connectivity index (χ3v) is 4.65. The van der Waals surface area contributed by atoms with Gasteiger partial charge < -0.3 is 20.9 Å². The second-order valence-corrected chi connectivity index (χ2v) is 6.58. The number of hydrogen-bond acceptors (Lipinski definition) is 6. The second kappa shape index (κ2) is 8.53. The first-order valence-electron chi connectivity index (χ1n) is 9.17. The minimum atomic E-state index is -0.139. The zero-order valence-corrected chi connectivity index (χ0v) is 17.0. The van der Waals surface area contributed by atoms with Crippen LogP contribution in [0, 0.1) is 18.8 Å². The molecule has 0 unspecified atom stereocenters. The van der Waals surface area contributed by atoms with Gasteiger partial charge in [0.15, 0.2) is 0 Å². The third kappa shape index (κ3) is 4.25. The summed E-state index contributed by atoms with van der Waals surface area (Å²) >= 11 is 0. The molecule has 0 aliphatic carbocycles. The van der Waals surface area contributed by atoms with Crippen molar-refractivity contribution in [2.24, 2.45) is 0 Å². The molecule has 4 N–H and O–H groups in total. The van der Waals surface area contributed by atoms with E-state index in [0.717, 1.165) is 28.2 Å². The van der Waals surface area contributed by atoms with Gasteiger partial charge in [0.05, 0.1) is 25.5 Å². The van der Waals surface area contributed by atoms with Crippen LogP contribution >= 0.6 is 0 Å². The highest BCUT2D eigenvalue weighted by Gasteiger charge is 2.16. The molecular weight excluding hydrogens is 364 g/mol. The van der Waals surface area contributed by atoms with Crippen molar-refractivity contribution in [2.45, 2.75) is 19.8 Å². The topological polar surface area (TPSA) is 96.3 Å². The lowest BCUT2D eigenvalue weighted by atomic mass is 9.95. The summed E-state index contributed by atoms with van der Waals surface area (Å²) < 4.78 is 11.3. The Balaban J connectivity index is 2.03. The van der Waals surface area contributed by atoms with E-state index in [0.29, 0.717) is 11.3 Å². The van der Waals surface area contributed by atoms with Crippen LogP contribution in [0.1, 0.15) is 29.7 Å². The Bertz CT molecular complexity index is 1060. The fourth-order valence-electron chi connectivity index (χ4n) is 3.13. The van der Waals surface area contributed by atoms with E-state index in [1.807, 2.05) is 49.4 Å². The maximum atomic E-state index is 5.95. The highest BCUT2D eigenvalue weighted by atomic mass is 16.5. The molecule has 3 rings (SSSR count). The smallest absolute Gasteiger partial charge is 0.222 e. The van der Waals surface area contributed by atoms with Crippen molar-refractivity contribution in [2.75, 3.05) is 25.7 Å². The Morgan fingerprint density at radius 1 is 0.966 bits per heavy atom. The number of nitrogens with zero attached hydrogens (tertiary/aromatic N) is 2. The molecular formula is C23H24N4O2. The average Bonchev–Trinajstić information content (AvgIpc) is 2.72. The first-order valence-corrected chi connectivity index (χ1v) is 9.17. The number of nitrogen functional groups attached to an aromatic ring is 2. The Hall–Kier alpha value is -3.72. The van der Waals surface area contributed by atoms with E-state index in [1.54, 1.807) is 21.1 Å². The summed E-state index contributed by atoms with van der Waals surface area (Å²) in [5.74, 6) is 8.08. The lowest BCUT2D eigenvalue weighted by Crippen LogP contribution is -2.05. The van der Waals surface area contributed by atoms with Crippen molar-refractivity contribution in [3.63, 3.8) is 0 Å². The number of rotatable bonds is 4. The SMILES string of the molecule is COc1cc([C@@H](C)C#Cc2c(C)nc(N)nc2N)c(OC)cc1-c1ccccc1. The van der Waals surface area contributed by atoms with Gasteiger partial charge in [0.25, 0.3) is 0 Å². The zero-order valence-electron chi connectivity index (χ0n) is 17.0. The Kier molecular flexibility index (Phi) is 5.89. The normalized spacial score (nSPS) is 11.3. The monoisotopic (exact) mass is 388 g/mol. The van der Waals surface area contributed by atoms with E-state index in [1.165, 1.54) is 0 Å². The van der Waals surface area contributed by atoms with E-state index >= 15 is 0 Å². The molecule has 29 heavy (non-hydrogen) atoms. The maximum absolute atomic E-state index is 5.95. The van der Waals surface area contributed by atoms with Gasteiger partial charge in [-0.2, -0.15) is 4.98 Å². The Morgan fingerprint density at radius 3 is 2.28 bits per heavy atom. The molecule has 1 heterocycles. The fraction of sp³-hybridized carbons (Fsp3) is 0.217. The highest BCUT2D eigenvalue weighted by Crippen LogP contribution is 2.38. The number of anilines is 2. The lowest BCUT2D eigenvalue weighted by molar-refractivity contribution is 0.399. The van der Waals surface area contributed by atoms with E-state index in [-0.39, 0.29) is 17.7 Å². The Labute approximate surface area is 170 Å². The molecule has 148 valence electrons. The molecule has 0 spiro atoms. The van der Waals surface area contributed by atoms with Gasteiger partial charge in [-0.3, -0.25) is 0 Å². The summed E-state index contributed by atoms with van der Waals surface area (Å²) in [5, 5.41) is 0. The number of hydrogen-bond donors (Lipinski definition) is 2. The predicted molar refractivity (Wildman–Crippen MR) is 116 cm³/mol. The molecule has 6 nitrogen and oxygen atoms in total. The molecule has 0 saturated heterocycles. The van der Waals surface area contributed by atoms with Gasteiger partial charge >= 0.3 is 0 Å². The third-order valence-electron chi connectivity index (χ3n) is 4.65. The number of benzene rings is 2. The van der Waals surface area contributed by atoms with Gasteiger partial charge in [0.2, 0.25) is 5.95 Å². The zero-order chi connectivity index (χ0) is 21.0. The van der Waals surface area contributed by atoms with Crippen molar-refractivity contribution in [1.29, 1.82) is 0 Å². The average molecular weight is 388 g/mol. The quantitative estimate of drug-likeness (QED) is 0.660. The van der Waals surface area contributed by atoms with Crippen LogP contribution in [0.5, 0.6) is 11.5 Å². The van der Waals surface area contributed by atoms with Crippen LogP contribution in [0.15, 0.2) is 42.5 Å². The second-order valence-electron chi connectivity index (χ2n) is 6.58. The molecule has 1 atom stereocenters. The number of methoxy groups -OCH3 is 2. The first-order chi connectivity index (χ1) is 13.9.